The molecule has 0 unspecified atom stereocenters. The lowest BCUT2D eigenvalue weighted by molar-refractivity contribution is -0.140. The maximum Gasteiger partial charge on any atom is 0.209 e. The lowest BCUT2D eigenvalue weighted by atomic mass is 9.79. The SMILES string of the molecule is CC[C@H](C)[C@H](O)[C@](C)(O)/C=C/C1=CC2=C(Cl)C(=O)[C@](C)(O)[C@H](O)C2=CO1. The van der Waals surface area contributed by atoms with E-state index in [4.69, 9.17) is 16.3 Å². The van der Waals surface area contributed by atoms with Gasteiger partial charge in [0.1, 0.15) is 17.5 Å². The summed E-state index contributed by atoms with van der Waals surface area (Å²) in [5.41, 5.74) is -3.05. The van der Waals surface area contributed by atoms with Gasteiger partial charge in [0.15, 0.2) is 5.60 Å². The summed E-state index contributed by atoms with van der Waals surface area (Å²) in [5, 5.41) is 40.8. The predicted octanol–water partition coefficient (Wildman–Crippen LogP) is 1.69. The van der Waals surface area contributed by atoms with Gasteiger partial charge in [0.05, 0.1) is 17.4 Å². The summed E-state index contributed by atoms with van der Waals surface area (Å²) in [6, 6.07) is 0. The molecular formula is C19H25ClO6. The molecule has 0 fully saturated rings. The molecule has 4 N–H and O–H groups in total. The summed E-state index contributed by atoms with van der Waals surface area (Å²) in [6.07, 6.45) is 3.79. The fourth-order valence-electron chi connectivity index (χ4n) is 2.86. The molecule has 0 bridgehead atoms. The largest absolute Gasteiger partial charge is 0.465 e. The third-order valence-electron chi connectivity index (χ3n) is 5.01. The van der Waals surface area contributed by atoms with E-state index in [0.717, 1.165) is 0 Å². The number of halogens is 1. The van der Waals surface area contributed by atoms with Gasteiger partial charge in [-0.1, -0.05) is 31.9 Å². The molecule has 1 aliphatic heterocycles. The standard InChI is InChI=1S/C19H25ClO6/c1-5-10(2)15(21)18(3,24)7-6-11-8-12-13(9-26-11)16(22)19(4,25)17(23)14(12)20/h6-10,15-16,21-22,24-25H,5H2,1-4H3/b7-6+/t10-,15-,16+,18+,19+/m0/s1. The number of fused-ring (bicyclic) bond motifs is 1. The molecule has 0 aromatic carbocycles. The van der Waals surface area contributed by atoms with Gasteiger partial charge in [-0.3, -0.25) is 4.79 Å². The maximum atomic E-state index is 12.1. The van der Waals surface area contributed by atoms with Crippen molar-refractivity contribution in [3.05, 3.63) is 46.4 Å². The molecule has 0 aromatic rings. The van der Waals surface area contributed by atoms with Gasteiger partial charge < -0.3 is 25.2 Å². The van der Waals surface area contributed by atoms with Crippen LogP contribution in [0.25, 0.3) is 0 Å². The number of allylic oxidation sites excluding steroid dienone is 2. The quantitative estimate of drug-likeness (QED) is 0.574. The number of ketones is 1. The fourth-order valence-corrected chi connectivity index (χ4v) is 3.22. The molecule has 0 aromatic heterocycles. The highest BCUT2D eigenvalue weighted by atomic mass is 35.5. The molecule has 5 atom stereocenters. The molecule has 0 saturated carbocycles. The summed E-state index contributed by atoms with van der Waals surface area (Å²) in [6.45, 7) is 6.43. The molecule has 2 rings (SSSR count). The Kier molecular flexibility index (Phi) is 5.85. The van der Waals surface area contributed by atoms with Crippen LogP contribution in [0.4, 0.5) is 0 Å². The summed E-state index contributed by atoms with van der Waals surface area (Å²) in [4.78, 5) is 12.1. The van der Waals surface area contributed by atoms with Crippen LogP contribution in [0.2, 0.25) is 0 Å². The van der Waals surface area contributed by atoms with Crippen LogP contribution < -0.4 is 0 Å². The van der Waals surface area contributed by atoms with Crippen LogP contribution in [0.5, 0.6) is 0 Å². The predicted molar refractivity (Wildman–Crippen MR) is 97.0 cm³/mol. The van der Waals surface area contributed by atoms with Crippen LogP contribution in [0.15, 0.2) is 46.4 Å². The van der Waals surface area contributed by atoms with Crippen LogP contribution in [0.3, 0.4) is 0 Å². The first-order valence-electron chi connectivity index (χ1n) is 8.47. The molecule has 26 heavy (non-hydrogen) atoms. The Balaban J connectivity index is 2.31. The molecule has 0 saturated heterocycles. The van der Waals surface area contributed by atoms with Crippen molar-refractivity contribution in [2.24, 2.45) is 5.92 Å². The second kappa shape index (κ2) is 7.29. The number of hydrogen-bond acceptors (Lipinski definition) is 6. The van der Waals surface area contributed by atoms with Crippen molar-refractivity contribution in [3.63, 3.8) is 0 Å². The van der Waals surface area contributed by atoms with Crippen molar-refractivity contribution in [2.45, 2.75) is 57.5 Å². The van der Waals surface area contributed by atoms with E-state index >= 15 is 0 Å². The van der Waals surface area contributed by atoms with E-state index in [1.54, 1.807) is 0 Å². The third kappa shape index (κ3) is 3.66. The van der Waals surface area contributed by atoms with E-state index in [2.05, 4.69) is 0 Å². The first-order chi connectivity index (χ1) is 11.9. The van der Waals surface area contributed by atoms with Gasteiger partial charge in [-0.2, -0.15) is 0 Å². The zero-order valence-corrected chi connectivity index (χ0v) is 16.0. The van der Waals surface area contributed by atoms with Gasteiger partial charge in [-0.15, -0.1) is 0 Å². The summed E-state index contributed by atoms with van der Waals surface area (Å²) in [5.74, 6) is -0.618. The van der Waals surface area contributed by atoms with Gasteiger partial charge in [-0.05, 0) is 38.0 Å². The normalized spacial score (nSPS) is 31.0. The van der Waals surface area contributed by atoms with Crippen LogP contribution in [0.1, 0.15) is 34.1 Å². The average molecular weight is 385 g/mol. The van der Waals surface area contributed by atoms with E-state index in [1.165, 1.54) is 38.3 Å². The minimum absolute atomic E-state index is 0.104. The van der Waals surface area contributed by atoms with E-state index in [1.807, 2.05) is 13.8 Å². The van der Waals surface area contributed by atoms with Crippen LogP contribution in [-0.4, -0.2) is 49.6 Å². The lowest BCUT2D eigenvalue weighted by Gasteiger charge is -2.35. The molecule has 0 radical (unpaired) electrons. The molecule has 6 nitrogen and oxygen atoms in total. The highest BCUT2D eigenvalue weighted by molar-refractivity contribution is 6.45. The number of carbonyl (C=O) groups is 1. The molecular weight excluding hydrogens is 360 g/mol. The maximum absolute atomic E-state index is 12.1. The van der Waals surface area contributed by atoms with Crippen molar-refractivity contribution in [2.75, 3.05) is 0 Å². The lowest BCUT2D eigenvalue weighted by Crippen LogP contribution is -2.51. The second-order valence-electron chi connectivity index (χ2n) is 7.23. The molecule has 2 aliphatic rings. The van der Waals surface area contributed by atoms with Gasteiger partial charge >= 0.3 is 0 Å². The summed E-state index contributed by atoms with van der Waals surface area (Å²) in [7, 11) is 0. The Labute approximate surface area is 157 Å². The minimum Gasteiger partial charge on any atom is -0.465 e. The Morgan fingerprint density at radius 3 is 2.69 bits per heavy atom. The number of Topliss-reactive ketones (excluding diaryl/α,β-unsaturated/α-hetero) is 1. The molecule has 1 heterocycles. The molecule has 144 valence electrons. The average Bonchev–Trinajstić information content (AvgIpc) is 2.61. The Bertz CT molecular complexity index is 714. The van der Waals surface area contributed by atoms with Gasteiger partial charge in [0.25, 0.3) is 0 Å². The second-order valence-corrected chi connectivity index (χ2v) is 7.61. The monoisotopic (exact) mass is 384 g/mol. The highest BCUT2D eigenvalue weighted by Crippen LogP contribution is 2.39. The number of carbonyl (C=O) groups excluding carboxylic acids is 1. The Morgan fingerprint density at radius 1 is 1.50 bits per heavy atom. The topological polar surface area (TPSA) is 107 Å². The zero-order chi connectivity index (χ0) is 19.9. The van der Waals surface area contributed by atoms with Crippen molar-refractivity contribution >= 4 is 17.4 Å². The van der Waals surface area contributed by atoms with Gasteiger partial charge in [0.2, 0.25) is 5.78 Å². The summed E-state index contributed by atoms with van der Waals surface area (Å²) < 4.78 is 5.40. The summed E-state index contributed by atoms with van der Waals surface area (Å²) >= 11 is 6.06. The smallest absolute Gasteiger partial charge is 0.209 e. The van der Waals surface area contributed by atoms with Crippen molar-refractivity contribution in [1.82, 2.24) is 0 Å². The van der Waals surface area contributed by atoms with Crippen LogP contribution in [-0.2, 0) is 9.53 Å². The molecule has 0 amide bonds. The van der Waals surface area contributed by atoms with E-state index in [-0.39, 0.29) is 27.9 Å². The van der Waals surface area contributed by atoms with E-state index < -0.39 is 29.2 Å². The fraction of sp³-hybridized carbons (Fsp3) is 0.526. The highest BCUT2D eigenvalue weighted by Gasteiger charge is 2.48. The third-order valence-corrected chi connectivity index (χ3v) is 5.38. The molecule has 7 heteroatoms. The van der Waals surface area contributed by atoms with Crippen molar-refractivity contribution in [1.29, 1.82) is 0 Å². The first kappa shape index (κ1) is 20.9. The number of ether oxygens (including phenoxy) is 1. The molecule has 0 spiro atoms. The number of aliphatic hydroxyl groups excluding tert-OH is 2. The minimum atomic E-state index is -2.03. The zero-order valence-electron chi connectivity index (χ0n) is 15.2. The number of hydrogen-bond donors (Lipinski definition) is 4. The van der Waals surface area contributed by atoms with Crippen molar-refractivity contribution < 1.29 is 30.0 Å². The number of aliphatic hydroxyl groups is 4. The van der Waals surface area contributed by atoms with Crippen LogP contribution in [0, 0.1) is 5.92 Å². The van der Waals surface area contributed by atoms with Gasteiger partial charge in [0, 0.05) is 11.1 Å². The number of rotatable bonds is 5. The van der Waals surface area contributed by atoms with E-state index in [9.17, 15) is 25.2 Å². The van der Waals surface area contributed by atoms with Crippen molar-refractivity contribution in [3.8, 4) is 0 Å². The molecule has 1 aliphatic carbocycles. The van der Waals surface area contributed by atoms with Crippen LogP contribution >= 0.6 is 11.6 Å². The van der Waals surface area contributed by atoms with E-state index in [0.29, 0.717) is 6.42 Å². The van der Waals surface area contributed by atoms with Gasteiger partial charge in [-0.25, -0.2) is 0 Å². The Hall–Kier alpha value is -1.44. The Morgan fingerprint density at radius 2 is 2.12 bits per heavy atom. The first-order valence-corrected chi connectivity index (χ1v) is 8.84.